The predicted octanol–water partition coefficient (Wildman–Crippen LogP) is 12.2. The fraction of sp³-hybridized carbons (Fsp3) is 0.265. The molecule has 0 nitrogen and oxygen atoms in total. The third-order valence-corrected chi connectivity index (χ3v) is 12.5. The fourth-order valence-corrected chi connectivity index (χ4v) is 9.53. The molecule has 0 unspecified atom stereocenters. The van der Waals surface area contributed by atoms with Crippen molar-refractivity contribution in [1.29, 1.82) is 0 Å². The minimum Gasteiger partial charge on any atom is -0.0619 e. The molecule has 49 heavy (non-hydrogen) atoms. The van der Waals surface area contributed by atoms with Gasteiger partial charge in [-0.1, -0.05) is 163 Å². The average Bonchev–Trinajstić information content (AvgIpc) is 3.59. The Bertz CT molecular complexity index is 2140. The first-order valence-corrected chi connectivity index (χ1v) is 18.3. The van der Waals surface area contributed by atoms with Crippen LogP contribution >= 0.6 is 0 Å². The van der Waals surface area contributed by atoms with E-state index in [1.54, 1.807) is 0 Å². The third kappa shape index (κ3) is 4.56. The van der Waals surface area contributed by atoms with E-state index in [1.807, 2.05) is 0 Å². The molecule has 0 atom stereocenters. The Hall–Kier alpha value is -4.68. The Kier molecular flexibility index (Phi) is 6.61. The maximum atomic E-state index is 2.51. The van der Waals surface area contributed by atoms with E-state index < -0.39 is 0 Å². The second-order valence-electron chi connectivity index (χ2n) is 16.5. The van der Waals surface area contributed by atoms with Crippen molar-refractivity contribution in [3.63, 3.8) is 0 Å². The van der Waals surface area contributed by atoms with Crippen LogP contribution in [0.1, 0.15) is 97.2 Å². The quantitative estimate of drug-likeness (QED) is 0.171. The van der Waals surface area contributed by atoms with Gasteiger partial charge in [-0.25, -0.2) is 0 Å². The summed E-state index contributed by atoms with van der Waals surface area (Å²) in [5.74, 6) is 0. The van der Waals surface area contributed by atoms with Gasteiger partial charge in [-0.15, -0.1) is 0 Å². The number of aryl methyl sites for hydroxylation is 4. The van der Waals surface area contributed by atoms with Crippen molar-refractivity contribution in [2.24, 2.45) is 0 Å². The molecule has 0 heteroatoms. The lowest BCUT2D eigenvalue weighted by Gasteiger charge is -2.23. The Morgan fingerprint density at radius 1 is 0.286 bits per heavy atom. The van der Waals surface area contributed by atoms with Crippen molar-refractivity contribution in [1.82, 2.24) is 0 Å². The molecule has 0 saturated carbocycles. The lowest BCUT2D eigenvalue weighted by Crippen LogP contribution is -2.16. The second kappa shape index (κ2) is 10.7. The molecular formula is C49H46. The molecule has 0 aromatic heterocycles. The monoisotopic (exact) mass is 634 g/mol. The van der Waals surface area contributed by atoms with Crippen LogP contribution in [-0.2, 0) is 41.9 Å². The molecule has 6 aromatic rings. The molecule has 0 saturated heterocycles. The summed E-state index contributed by atoms with van der Waals surface area (Å²) in [6.45, 7) is 14.3. The molecule has 242 valence electrons. The molecule has 9 rings (SSSR count). The Morgan fingerprint density at radius 2 is 0.531 bits per heavy atom. The van der Waals surface area contributed by atoms with Gasteiger partial charge in [0.2, 0.25) is 0 Å². The summed E-state index contributed by atoms with van der Waals surface area (Å²) in [6, 6.07) is 46.8. The fourth-order valence-electron chi connectivity index (χ4n) is 9.53. The molecule has 0 spiro atoms. The van der Waals surface area contributed by atoms with E-state index in [4.69, 9.17) is 0 Å². The van der Waals surface area contributed by atoms with Gasteiger partial charge < -0.3 is 0 Å². The molecule has 0 aliphatic heterocycles. The predicted molar refractivity (Wildman–Crippen MR) is 207 cm³/mol. The Labute approximate surface area is 292 Å². The van der Waals surface area contributed by atoms with Gasteiger partial charge in [-0.2, -0.15) is 0 Å². The normalized spacial score (nSPS) is 16.4. The zero-order chi connectivity index (χ0) is 33.7. The first-order chi connectivity index (χ1) is 23.5. The van der Waals surface area contributed by atoms with Crippen molar-refractivity contribution >= 4 is 0 Å². The number of hydrogen-bond acceptors (Lipinski definition) is 0. The smallest absolute Gasteiger partial charge is 0.0159 e. The van der Waals surface area contributed by atoms with Crippen molar-refractivity contribution in [2.45, 2.75) is 83.5 Å². The van der Waals surface area contributed by atoms with Crippen LogP contribution in [0.15, 0.2) is 121 Å². The molecular weight excluding hydrogens is 589 g/mol. The van der Waals surface area contributed by atoms with Crippen LogP contribution in [0, 0.1) is 0 Å². The molecule has 0 fully saturated rings. The average molecular weight is 635 g/mol. The molecule has 0 N–H and O–H groups in total. The van der Waals surface area contributed by atoms with Gasteiger partial charge in [0, 0.05) is 16.2 Å². The summed E-state index contributed by atoms with van der Waals surface area (Å²) in [5, 5.41) is 0. The number of benzene rings is 6. The molecule has 0 amide bonds. The van der Waals surface area contributed by atoms with E-state index in [0.29, 0.717) is 0 Å². The Morgan fingerprint density at radius 3 is 0.837 bits per heavy atom. The standard InChI is InChI=1S/C49H46/c1-47(2)41-13-9-7-11-35(41)37-23-19-31(27-43(37)47)15-17-33-21-25-39-40-26-22-34(30-46(40)49(5,6)45(39)29-33)18-16-32-20-24-38-36-12-8-10-14-42(36)48(3,4)44(38)28-32/h7-14,19-30H,15-18H2,1-6H3. The molecule has 3 aliphatic carbocycles. The summed E-state index contributed by atoms with van der Waals surface area (Å²) < 4.78 is 0. The summed E-state index contributed by atoms with van der Waals surface area (Å²) in [4.78, 5) is 0. The van der Waals surface area contributed by atoms with Crippen molar-refractivity contribution < 1.29 is 0 Å². The van der Waals surface area contributed by atoms with Crippen LogP contribution in [0.5, 0.6) is 0 Å². The highest BCUT2D eigenvalue weighted by molar-refractivity contribution is 5.83. The number of rotatable bonds is 6. The minimum absolute atomic E-state index is 0.0105. The highest BCUT2D eigenvalue weighted by Gasteiger charge is 2.37. The van der Waals surface area contributed by atoms with E-state index in [2.05, 4.69) is 163 Å². The second-order valence-corrected chi connectivity index (χ2v) is 16.5. The minimum atomic E-state index is -0.0105. The first-order valence-electron chi connectivity index (χ1n) is 18.3. The van der Waals surface area contributed by atoms with Crippen molar-refractivity contribution in [3.8, 4) is 33.4 Å². The number of fused-ring (bicyclic) bond motifs is 9. The van der Waals surface area contributed by atoms with Crippen molar-refractivity contribution in [3.05, 3.63) is 177 Å². The molecule has 0 radical (unpaired) electrons. The van der Waals surface area contributed by atoms with Crippen molar-refractivity contribution in [2.75, 3.05) is 0 Å². The van der Waals surface area contributed by atoms with Crippen LogP contribution in [-0.4, -0.2) is 0 Å². The molecule has 0 bridgehead atoms. The lowest BCUT2D eigenvalue weighted by molar-refractivity contribution is 0.656. The number of hydrogen-bond donors (Lipinski definition) is 0. The molecule has 0 heterocycles. The van der Waals surface area contributed by atoms with E-state index >= 15 is 0 Å². The Balaban J connectivity index is 0.919. The maximum Gasteiger partial charge on any atom is 0.0159 e. The topological polar surface area (TPSA) is 0 Å². The van der Waals surface area contributed by atoms with Gasteiger partial charge in [0.15, 0.2) is 0 Å². The zero-order valence-corrected chi connectivity index (χ0v) is 29.9. The molecule has 6 aromatic carbocycles. The summed E-state index contributed by atoms with van der Waals surface area (Å²) in [6.07, 6.45) is 4.23. The maximum absolute atomic E-state index is 2.51. The van der Waals surface area contributed by atoms with E-state index in [1.165, 1.54) is 89.0 Å². The van der Waals surface area contributed by atoms with Crippen LogP contribution in [0.4, 0.5) is 0 Å². The van der Waals surface area contributed by atoms with Crippen LogP contribution in [0.25, 0.3) is 33.4 Å². The van der Waals surface area contributed by atoms with Gasteiger partial charge in [-0.05, 0) is 115 Å². The van der Waals surface area contributed by atoms with Gasteiger partial charge in [0.1, 0.15) is 0 Å². The SMILES string of the molecule is CC1(C)c2ccccc2-c2ccc(CCc3ccc4c(c3)C(C)(C)c3cc(CCc5ccc6c(c5)C(C)(C)c5ccccc5-6)ccc3-4)cc21. The highest BCUT2D eigenvalue weighted by atomic mass is 14.4. The van der Waals surface area contributed by atoms with Gasteiger partial charge in [-0.3, -0.25) is 0 Å². The van der Waals surface area contributed by atoms with Crippen LogP contribution in [0.3, 0.4) is 0 Å². The third-order valence-electron chi connectivity index (χ3n) is 12.5. The molecule has 3 aliphatic rings. The zero-order valence-electron chi connectivity index (χ0n) is 29.9. The van der Waals surface area contributed by atoms with Gasteiger partial charge in [0.25, 0.3) is 0 Å². The van der Waals surface area contributed by atoms with E-state index in [-0.39, 0.29) is 16.2 Å². The van der Waals surface area contributed by atoms with Gasteiger partial charge >= 0.3 is 0 Å². The largest absolute Gasteiger partial charge is 0.0619 e. The first kappa shape index (κ1) is 30.4. The van der Waals surface area contributed by atoms with E-state index in [0.717, 1.165) is 25.7 Å². The summed E-state index contributed by atoms with van der Waals surface area (Å²) >= 11 is 0. The van der Waals surface area contributed by atoms with Crippen LogP contribution in [0.2, 0.25) is 0 Å². The summed E-state index contributed by atoms with van der Waals surface area (Å²) in [5.41, 5.74) is 23.0. The van der Waals surface area contributed by atoms with E-state index in [9.17, 15) is 0 Å². The summed E-state index contributed by atoms with van der Waals surface area (Å²) in [7, 11) is 0. The van der Waals surface area contributed by atoms with Gasteiger partial charge in [0.05, 0.1) is 0 Å². The van der Waals surface area contributed by atoms with Crippen LogP contribution < -0.4 is 0 Å². The lowest BCUT2D eigenvalue weighted by atomic mass is 9.80. The highest BCUT2D eigenvalue weighted by Crippen LogP contribution is 2.51.